The number of ether oxygens (including phenoxy) is 2. The Morgan fingerprint density at radius 3 is 1.61 bits per heavy atom. The summed E-state index contributed by atoms with van der Waals surface area (Å²) >= 11 is 0. The highest BCUT2D eigenvalue weighted by Gasteiger charge is 2.26. The summed E-state index contributed by atoms with van der Waals surface area (Å²) in [7, 11) is 1.47. The molecule has 0 amide bonds. The normalized spacial score (nSPS) is 14.0. The number of nitrogens with zero attached hydrogens (tertiary/aromatic N) is 1. The number of carbonyl (C=O) groups is 2. The number of hydrogen-bond acceptors (Lipinski definition) is 7. The molecule has 272 valence electrons. The Labute approximate surface area is 282 Å². The number of hydrogen-bond donors (Lipinski definition) is 1. The number of esters is 2. The predicted octanol–water partition coefficient (Wildman–Crippen LogP) is 9.46. The van der Waals surface area contributed by atoms with Crippen LogP contribution in [-0.4, -0.2) is 74.9 Å². The monoisotopic (exact) mass is 676 g/mol. The molecule has 0 rings (SSSR count). The van der Waals surface area contributed by atoms with Gasteiger partial charge in [-0.15, -0.1) is 0 Å². The van der Waals surface area contributed by atoms with Crippen LogP contribution in [0.15, 0.2) is 12.2 Å². The van der Waals surface area contributed by atoms with Crippen LogP contribution in [0.3, 0.4) is 0 Å². The molecule has 0 aromatic carbocycles. The van der Waals surface area contributed by atoms with Crippen molar-refractivity contribution in [3.63, 3.8) is 0 Å². The molecule has 0 bridgehead atoms. The van der Waals surface area contributed by atoms with Crippen LogP contribution in [0.5, 0.6) is 0 Å². The van der Waals surface area contributed by atoms with Gasteiger partial charge in [0, 0.05) is 13.3 Å². The third-order valence-corrected chi connectivity index (χ3v) is 8.84. The predicted molar refractivity (Wildman–Crippen MR) is 188 cm³/mol. The van der Waals surface area contributed by atoms with Crippen LogP contribution in [0.25, 0.3) is 0 Å². The number of unbranched alkanes of at least 4 members (excludes halogenated alkanes) is 19. The van der Waals surface area contributed by atoms with Crippen molar-refractivity contribution in [3.05, 3.63) is 12.2 Å². The first-order valence-corrected chi connectivity index (χ1v) is 19.8. The largest absolute Gasteiger partial charge is 0.472 e. The van der Waals surface area contributed by atoms with Crippen molar-refractivity contribution in [2.24, 2.45) is 0 Å². The second kappa shape index (κ2) is 29.9. The van der Waals surface area contributed by atoms with Crippen molar-refractivity contribution < 1.29 is 42.1 Å². The molecule has 0 aromatic rings. The Balaban J connectivity index is 3.78. The van der Waals surface area contributed by atoms with Gasteiger partial charge in [0.25, 0.3) is 0 Å². The van der Waals surface area contributed by atoms with Gasteiger partial charge in [-0.2, -0.15) is 0 Å². The molecular formula is C36H71NO8P+. The van der Waals surface area contributed by atoms with Gasteiger partial charge in [-0.25, -0.2) is 4.57 Å². The molecular weight excluding hydrogens is 605 g/mol. The fourth-order valence-corrected chi connectivity index (χ4v) is 5.71. The fourth-order valence-electron chi connectivity index (χ4n) is 4.97. The minimum atomic E-state index is -4.33. The maximum Gasteiger partial charge on any atom is 0.472 e. The zero-order chi connectivity index (χ0) is 34.4. The van der Waals surface area contributed by atoms with E-state index in [4.69, 9.17) is 18.5 Å². The molecule has 0 saturated carbocycles. The van der Waals surface area contributed by atoms with Crippen molar-refractivity contribution in [2.45, 2.75) is 161 Å². The number of rotatable bonds is 33. The molecule has 0 spiro atoms. The molecule has 0 radical (unpaired) electrons. The summed E-state index contributed by atoms with van der Waals surface area (Å²) in [6.45, 7) is 3.39. The van der Waals surface area contributed by atoms with Gasteiger partial charge in [-0.3, -0.25) is 18.6 Å². The minimum absolute atomic E-state index is 0.0310. The van der Waals surface area contributed by atoms with Crippen LogP contribution in [0.4, 0.5) is 0 Å². The summed E-state index contributed by atoms with van der Waals surface area (Å²) in [6, 6.07) is 0. The van der Waals surface area contributed by atoms with Gasteiger partial charge in [0.05, 0.1) is 27.7 Å². The van der Waals surface area contributed by atoms with E-state index in [0.29, 0.717) is 17.4 Å². The molecule has 0 aliphatic rings. The summed E-state index contributed by atoms with van der Waals surface area (Å²) in [5, 5.41) is 0. The smallest absolute Gasteiger partial charge is 0.462 e. The Hall–Kier alpha value is -1.25. The van der Waals surface area contributed by atoms with Crippen molar-refractivity contribution >= 4 is 19.8 Å². The van der Waals surface area contributed by atoms with Crippen LogP contribution < -0.4 is 0 Å². The summed E-state index contributed by atoms with van der Waals surface area (Å²) in [4.78, 5) is 33.5. The molecule has 0 aliphatic carbocycles. The van der Waals surface area contributed by atoms with Crippen LogP contribution in [0.2, 0.25) is 0 Å². The highest BCUT2D eigenvalue weighted by Crippen LogP contribution is 2.43. The van der Waals surface area contributed by atoms with Crippen molar-refractivity contribution in [1.29, 1.82) is 0 Å². The molecule has 2 unspecified atom stereocenters. The topological polar surface area (TPSA) is 108 Å². The summed E-state index contributed by atoms with van der Waals surface area (Å²) in [5.74, 6) is -0.988. The van der Waals surface area contributed by atoms with E-state index in [-0.39, 0.29) is 19.6 Å². The standard InChI is InChI=1S/C36H70NO8P/c1-6-7-8-9-10-11-12-13-14-15-16-17-18-19-20-21-22-23-24-25-26-27-28-29-36(39)45-35(32-42-34(2)38)33-44-46(40,41)43-31-30-37(3,4)5/h15-16,35H,6-14,17-33H2,1-5H3/p+1/b16-15-. The first-order valence-electron chi connectivity index (χ1n) is 18.4. The van der Waals surface area contributed by atoms with Crippen molar-refractivity contribution in [2.75, 3.05) is 47.5 Å². The van der Waals surface area contributed by atoms with E-state index in [0.717, 1.165) is 12.8 Å². The second-order valence-electron chi connectivity index (χ2n) is 13.7. The Kier molecular flexibility index (Phi) is 29.0. The van der Waals surface area contributed by atoms with E-state index in [1.54, 1.807) is 0 Å². The lowest BCUT2D eigenvalue weighted by Crippen LogP contribution is -2.37. The van der Waals surface area contributed by atoms with E-state index in [9.17, 15) is 19.0 Å². The van der Waals surface area contributed by atoms with Gasteiger partial charge in [0.2, 0.25) is 0 Å². The Morgan fingerprint density at radius 2 is 1.15 bits per heavy atom. The van der Waals surface area contributed by atoms with E-state index in [2.05, 4.69) is 19.1 Å². The first kappa shape index (κ1) is 44.8. The number of quaternary nitrogens is 1. The van der Waals surface area contributed by atoms with Crippen molar-refractivity contribution in [3.8, 4) is 0 Å². The maximum absolute atomic E-state index is 12.3. The lowest BCUT2D eigenvalue weighted by atomic mass is 10.0. The van der Waals surface area contributed by atoms with Crippen LogP contribution in [-0.2, 0) is 32.7 Å². The number of allylic oxidation sites excluding steroid dienone is 2. The van der Waals surface area contributed by atoms with Gasteiger partial charge >= 0.3 is 19.8 Å². The van der Waals surface area contributed by atoms with Crippen molar-refractivity contribution in [1.82, 2.24) is 0 Å². The van der Waals surface area contributed by atoms with Crippen LogP contribution in [0.1, 0.15) is 155 Å². The number of likely N-dealkylation sites (N-methyl/N-ethyl adjacent to an activating group) is 1. The third-order valence-electron chi connectivity index (χ3n) is 7.85. The fraction of sp³-hybridized carbons (Fsp3) is 0.889. The van der Waals surface area contributed by atoms with Gasteiger partial charge in [-0.05, 0) is 32.1 Å². The van der Waals surface area contributed by atoms with Gasteiger partial charge in [-0.1, -0.05) is 122 Å². The van der Waals surface area contributed by atoms with E-state index in [1.165, 1.54) is 122 Å². The Morgan fingerprint density at radius 1 is 0.696 bits per heavy atom. The summed E-state index contributed by atoms with van der Waals surface area (Å²) < 4.78 is 33.0. The molecule has 0 fully saturated rings. The van der Waals surface area contributed by atoms with Gasteiger partial charge < -0.3 is 18.9 Å². The molecule has 1 N–H and O–H groups in total. The van der Waals surface area contributed by atoms with Crippen LogP contribution >= 0.6 is 7.82 Å². The van der Waals surface area contributed by atoms with Gasteiger partial charge in [0.1, 0.15) is 19.8 Å². The molecule has 0 saturated heterocycles. The molecule has 10 heteroatoms. The second-order valence-corrected chi connectivity index (χ2v) is 15.1. The van der Waals surface area contributed by atoms with E-state index >= 15 is 0 Å². The number of phosphoric acid groups is 1. The molecule has 9 nitrogen and oxygen atoms in total. The third kappa shape index (κ3) is 34.1. The molecule has 46 heavy (non-hydrogen) atoms. The first-order chi connectivity index (χ1) is 21.9. The Bertz CT molecular complexity index is 814. The minimum Gasteiger partial charge on any atom is -0.462 e. The summed E-state index contributed by atoms with van der Waals surface area (Å²) in [6.07, 6.45) is 30.6. The zero-order valence-electron chi connectivity index (χ0n) is 30.3. The molecule has 2 atom stereocenters. The zero-order valence-corrected chi connectivity index (χ0v) is 31.2. The lowest BCUT2D eigenvalue weighted by molar-refractivity contribution is -0.870. The van der Waals surface area contributed by atoms with Gasteiger partial charge in [0.15, 0.2) is 6.10 Å². The van der Waals surface area contributed by atoms with E-state index < -0.39 is 32.5 Å². The highest BCUT2D eigenvalue weighted by atomic mass is 31.2. The quantitative estimate of drug-likeness (QED) is 0.0241. The maximum atomic E-state index is 12.3. The molecule has 0 aliphatic heterocycles. The SMILES string of the molecule is CCCCCCCCCC/C=C\CCCCCCCCCCCCCC(=O)OC(COC(C)=O)COP(=O)(O)OCC[N+](C)(C)C. The van der Waals surface area contributed by atoms with E-state index in [1.807, 2.05) is 21.1 Å². The summed E-state index contributed by atoms with van der Waals surface area (Å²) in [5.41, 5.74) is 0. The number of carbonyl (C=O) groups excluding carboxylic acids is 2. The highest BCUT2D eigenvalue weighted by molar-refractivity contribution is 7.47. The molecule has 0 heterocycles. The van der Waals surface area contributed by atoms with Crippen LogP contribution in [0, 0.1) is 0 Å². The molecule has 0 aromatic heterocycles. The lowest BCUT2D eigenvalue weighted by Gasteiger charge is -2.24. The average molecular weight is 677 g/mol. The average Bonchev–Trinajstić information content (AvgIpc) is 2.98. The number of phosphoric ester groups is 1.